The maximum Gasteiger partial charge on any atom is 0.356 e. The molecule has 0 fully saturated rings. The van der Waals surface area contributed by atoms with Crippen molar-refractivity contribution in [3.63, 3.8) is 0 Å². The molecule has 0 amide bonds. The van der Waals surface area contributed by atoms with Crippen LogP contribution in [0, 0.1) is 20.8 Å². The number of anilines is 1. The maximum atomic E-state index is 13.4. The molecule has 2 N–H and O–H groups in total. The molecule has 0 saturated carbocycles. The van der Waals surface area contributed by atoms with E-state index < -0.39 is 12.0 Å². The summed E-state index contributed by atoms with van der Waals surface area (Å²) in [6.45, 7) is 7.23. The Morgan fingerprint density at radius 2 is 1.94 bits per heavy atom. The number of halogens is 1. The van der Waals surface area contributed by atoms with Gasteiger partial charge in [0.05, 0.1) is 24.2 Å². The average molecular weight is 494 g/mol. The third-order valence-electron chi connectivity index (χ3n) is 5.81. The molecule has 4 aromatic rings. The summed E-state index contributed by atoms with van der Waals surface area (Å²) >= 11 is 5.98. The minimum absolute atomic E-state index is 0.0954. The molecule has 9 heteroatoms. The molecule has 0 spiro atoms. The molecule has 0 saturated heterocycles. The summed E-state index contributed by atoms with van der Waals surface area (Å²) in [7, 11) is 1.52. The van der Waals surface area contributed by atoms with Crippen LogP contribution in [0.3, 0.4) is 0 Å². The second-order valence-electron chi connectivity index (χ2n) is 8.36. The number of carboxylic acid groups (broad SMARTS) is 1. The number of methoxy groups -OCH3 is 1. The number of hydrogen-bond acceptors (Lipinski definition) is 7. The van der Waals surface area contributed by atoms with Gasteiger partial charge in [0.2, 0.25) is 5.88 Å². The minimum atomic E-state index is -1.20. The van der Waals surface area contributed by atoms with Crippen LogP contribution in [-0.2, 0) is 0 Å². The summed E-state index contributed by atoms with van der Waals surface area (Å²) in [6, 6.07) is 8.32. The maximum absolute atomic E-state index is 13.4. The molecule has 4 rings (SSSR count). The molecule has 0 bridgehead atoms. The first kappa shape index (κ1) is 24.2. The number of benzene rings is 1. The number of aryl methyl sites for hydroxylation is 2. The molecule has 180 valence electrons. The molecular formula is C26H24ClN3O5. The first-order valence-electron chi connectivity index (χ1n) is 10.9. The van der Waals surface area contributed by atoms with Crippen LogP contribution in [0.2, 0.25) is 5.15 Å². The zero-order valence-corrected chi connectivity index (χ0v) is 20.6. The largest absolute Gasteiger partial charge is 0.481 e. The van der Waals surface area contributed by atoms with Gasteiger partial charge in [-0.3, -0.25) is 4.79 Å². The molecule has 0 aliphatic carbocycles. The summed E-state index contributed by atoms with van der Waals surface area (Å²) < 4.78 is 11.6. The highest BCUT2D eigenvalue weighted by atomic mass is 35.5. The number of fused-ring (bicyclic) bond motifs is 1. The third-order valence-corrected chi connectivity index (χ3v) is 6.01. The van der Waals surface area contributed by atoms with Crippen molar-refractivity contribution < 1.29 is 19.1 Å². The number of rotatable bonds is 6. The quantitative estimate of drug-likeness (QED) is 0.328. The lowest BCUT2D eigenvalue weighted by Gasteiger charge is -2.21. The van der Waals surface area contributed by atoms with Crippen LogP contribution in [0.1, 0.15) is 45.7 Å². The number of ether oxygens (including phenoxy) is 1. The Hall–Kier alpha value is -3.91. The van der Waals surface area contributed by atoms with Crippen LogP contribution in [-0.4, -0.2) is 28.2 Å². The smallest absolute Gasteiger partial charge is 0.356 e. The first-order valence-corrected chi connectivity index (χ1v) is 11.2. The first-order chi connectivity index (χ1) is 16.6. The van der Waals surface area contributed by atoms with E-state index in [0.29, 0.717) is 50.6 Å². The van der Waals surface area contributed by atoms with Gasteiger partial charge in [-0.05, 0) is 57.0 Å². The summed E-state index contributed by atoms with van der Waals surface area (Å²) in [5.41, 5.74) is 3.76. The summed E-state index contributed by atoms with van der Waals surface area (Å²) in [5.74, 6) is -0.387. The highest BCUT2D eigenvalue weighted by Crippen LogP contribution is 2.34. The van der Waals surface area contributed by atoms with Gasteiger partial charge in [0.25, 0.3) is 0 Å². The van der Waals surface area contributed by atoms with E-state index >= 15 is 0 Å². The normalized spacial score (nSPS) is 11.9. The van der Waals surface area contributed by atoms with Crippen LogP contribution in [0.15, 0.2) is 45.7 Å². The molecule has 0 radical (unpaired) electrons. The van der Waals surface area contributed by atoms with E-state index in [1.54, 1.807) is 44.3 Å². The fourth-order valence-corrected chi connectivity index (χ4v) is 4.34. The lowest BCUT2D eigenvalue weighted by atomic mass is 9.98. The van der Waals surface area contributed by atoms with Crippen molar-refractivity contribution in [3.05, 3.63) is 79.9 Å². The van der Waals surface area contributed by atoms with Gasteiger partial charge in [0.1, 0.15) is 16.5 Å². The zero-order valence-electron chi connectivity index (χ0n) is 19.9. The Morgan fingerprint density at radius 1 is 1.20 bits per heavy atom. The molecule has 3 aromatic heterocycles. The predicted molar refractivity (Wildman–Crippen MR) is 135 cm³/mol. The lowest BCUT2D eigenvalue weighted by molar-refractivity contribution is 0.0691. The van der Waals surface area contributed by atoms with Crippen molar-refractivity contribution in [2.45, 2.75) is 33.7 Å². The van der Waals surface area contributed by atoms with Crippen LogP contribution >= 0.6 is 11.6 Å². The van der Waals surface area contributed by atoms with Crippen molar-refractivity contribution in [2.75, 3.05) is 12.4 Å². The number of hydrogen-bond donors (Lipinski definition) is 2. The number of pyridine rings is 2. The topological polar surface area (TPSA) is 115 Å². The summed E-state index contributed by atoms with van der Waals surface area (Å²) in [6.07, 6.45) is 1.59. The highest BCUT2D eigenvalue weighted by Gasteiger charge is 2.22. The second kappa shape index (κ2) is 9.38. The molecule has 0 aliphatic rings. The Labute approximate surface area is 206 Å². The Balaban J connectivity index is 1.91. The number of nitrogens with zero attached hydrogens (tertiary/aromatic N) is 2. The third kappa shape index (κ3) is 4.57. The molecule has 1 aromatic carbocycles. The van der Waals surface area contributed by atoms with E-state index in [0.717, 1.165) is 5.56 Å². The molecule has 35 heavy (non-hydrogen) atoms. The number of nitrogens with one attached hydrogen (secondary N) is 1. The summed E-state index contributed by atoms with van der Waals surface area (Å²) in [5, 5.41) is 13.4. The highest BCUT2D eigenvalue weighted by molar-refractivity contribution is 6.29. The van der Waals surface area contributed by atoms with E-state index in [-0.39, 0.29) is 16.3 Å². The number of carbonyl (C=O) groups is 1. The van der Waals surface area contributed by atoms with E-state index in [1.807, 2.05) is 19.9 Å². The average Bonchev–Trinajstić information content (AvgIpc) is 2.82. The van der Waals surface area contributed by atoms with E-state index in [1.165, 1.54) is 7.11 Å². The van der Waals surface area contributed by atoms with Gasteiger partial charge in [-0.1, -0.05) is 17.7 Å². The van der Waals surface area contributed by atoms with Gasteiger partial charge in [-0.25, -0.2) is 14.8 Å². The molecular weight excluding hydrogens is 470 g/mol. The zero-order chi connectivity index (χ0) is 25.4. The Bertz CT molecular complexity index is 1530. The van der Waals surface area contributed by atoms with Crippen LogP contribution in [0.4, 0.5) is 5.69 Å². The van der Waals surface area contributed by atoms with Crippen molar-refractivity contribution >= 4 is 34.2 Å². The van der Waals surface area contributed by atoms with Gasteiger partial charge < -0.3 is 19.6 Å². The van der Waals surface area contributed by atoms with Crippen molar-refractivity contribution in [3.8, 4) is 17.2 Å². The van der Waals surface area contributed by atoms with E-state index in [4.69, 9.17) is 20.8 Å². The van der Waals surface area contributed by atoms with E-state index in [9.17, 15) is 14.7 Å². The number of carboxylic acids is 1. The number of aromatic carboxylic acids is 1. The SMILES string of the molecule is COc1cc(-c2oc3c([C@@H](C)Nc4c(C)cc(Cl)nc4C(=O)O)cc(C)cc3c(=O)c2C)ccn1. The summed E-state index contributed by atoms with van der Waals surface area (Å²) in [4.78, 5) is 33.3. The number of aromatic nitrogens is 2. The van der Waals surface area contributed by atoms with Crippen molar-refractivity contribution in [1.82, 2.24) is 9.97 Å². The minimum Gasteiger partial charge on any atom is -0.481 e. The van der Waals surface area contributed by atoms with E-state index in [2.05, 4.69) is 15.3 Å². The van der Waals surface area contributed by atoms with Gasteiger partial charge in [0.15, 0.2) is 11.1 Å². The molecule has 8 nitrogen and oxygen atoms in total. The second-order valence-corrected chi connectivity index (χ2v) is 8.75. The van der Waals surface area contributed by atoms with Gasteiger partial charge >= 0.3 is 5.97 Å². The molecule has 1 atom stereocenters. The van der Waals surface area contributed by atoms with Gasteiger partial charge in [0, 0.05) is 29.0 Å². The van der Waals surface area contributed by atoms with Gasteiger partial charge in [-0.2, -0.15) is 0 Å². The molecule has 0 aliphatic heterocycles. The van der Waals surface area contributed by atoms with Crippen LogP contribution < -0.4 is 15.5 Å². The monoisotopic (exact) mass is 493 g/mol. The van der Waals surface area contributed by atoms with Crippen LogP contribution in [0.25, 0.3) is 22.3 Å². The van der Waals surface area contributed by atoms with Crippen molar-refractivity contribution in [2.24, 2.45) is 0 Å². The van der Waals surface area contributed by atoms with Crippen LogP contribution in [0.5, 0.6) is 5.88 Å². The Kier molecular flexibility index (Phi) is 6.49. The van der Waals surface area contributed by atoms with Crippen molar-refractivity contribution in [1.29, 1.82) is 0 Å². The molecule has 3 heterocycles. The standard InChI is InChI=1S/C26H24ClN3O5/c1-12-8-17(15(4)29-21-13(2)10-19(27)30-22(21)26(32)33)25-18(9-12)23(31)14(3)24(35-25)16-6-7-28-20(11-16)34-5/h6-11,15,29H,1-5H3,(H,32,33)/t15-/m1/s1. The fourth-order valence-electron chi connectivity index (χ4n) is 4.09. The Morgan fingerprint density at radius 3 is 2.63 bits per heavy atom. The predicted octanol–water partition coefficient (Wildman–Crippen LogP) is 5.71. The van der Waals surface area contributed by atoms with Gasteiger partial charge in [-0.15, -0.1) is 0 Å². The molecule has 0 unspecified atom stereocenters. The fraction of sp³-hybridized carbons (Fsp3) is 0.231. The lowest BCUT2D eigenvalue weighted by Crippen LogP contribution is -2.15.